The fourth-order valence-electron chi connectivity index (χ4n) is 2.81. The SMILES string of the molecule is COc1ccc(F)cc1COC(=O)c1cnn(-c2ccccn2)c1C(C)C. The molecular formula is C20H20FN3O3. The van der Waals surface area contributed by atoms with Crippen LogP contribution in [0.1, 0.15) is 41.4 Å². The molecule has 0 aliphatic carbocycles. The van der Waals surface area contributed by atoms with Crippen LogP contribution >= 0.6 is 0 Å². The number of methoxy groups -OCH3 is 1. The molecule has 0 N–H and O–H groups in total. The van der Waals surface area contributed by atoms with E-state index in [0.717, 1.165) is 0 Å². The second-order valence-electron chi connectivity index (χ2n) is 6.23. The summed E-state index contributed by atoms with van der Waals surface area (Å²) in [7, 11) is 1.48. The molecule has 0 atom stereocenters. The molecule has 0 aliphatic rings. The Balaban J connectivity index is 1.85. The van der Waals surface area contributed by atoms with Crippen molar-refractivity contribution in [2.45, 2.75) is 26.4 Å². The first kappa shape index (κ1) is 18.6. The average Bonchev–Trinajstić information content (AvgIpc) is 3.12. The van der Waals surface area contributed by atoms with Gasteiger partial charge in [0.25, 0.3) is 0 Å². The van der Waals surface area contributed by atoms with Crippen molar-refractivity contribution in [1.82, 2.24) is 14.8 Å². The monoisotopic (exact) mass is 369 g/mol. The summed E-state index contributed by atoms with van der Waals surface area (Å²) in [6.07, 6.45) is 3.13. The molecule has 6 nitrogen and oxygen atoms in total. The Kier molecular flexibility index (Phi) is 5.49. The van der Waals surface area contributed by atoms with Gasteiger partial charge >= 0.3 is 5.97 Å². The van der Waals surface area contributed by atoms with E-state index in [1.165, 1.54) is 31.5 Å². The van der Waals surface area contributed by atoms with Gasteiger partial charge in [-0.3, -0.25) is 0 Å². The number of pyridine rings is 1. The summed E-state index contributed by atoms with van der Waals surface area (Å²) in [5.74, 6) is 0.130. The maximum absolute atomic E-state index is 13.5. The molecule has 0 bridgehead atoms. The number of hydrogen-bond donors (Lipinski definition) is 0. The predicted molar refractivity (Wildman–Crippen MR) is 97.5 cm³/mol. The first-order valence-corrected chi connectivity index (χ1v) is 8.50. The summed E-state index contributed by atoms with van der Waals surface area (Å²) in [4.78, 5) is 16.9. The number of carbonyl (C=O) groups is 1. The largest absolute Gasteiger partial charge is 0.496 e. The van der Waals surface area contributed by atoms with Crippen molar-refractivity contribution in [2.75, 3.05) is 7.11 Å². The fraction of sp³-hybridized carbons (Fsp3) is 0.250. The molecule has 1 aromatic carbocycles. The van der Waals surface area contributed by atoms with E-state index in [2.05, 4.69) is 10.1 Å². The highest BCUT2D eigenvalue weighted by molar-refractivity contribution is 5.90. The normalized spacial score (nSPS) is 10.9. The van der Waals surface area contributed by atoms with Gasteiger partial charge in [-0.25, -0.2) is 18.9 Å². The number of rotatable bonds is 6. The summed E-state index contributed by atoms with van der Waals surface area (Å²) in [6.45, 7) is 3.82. The maximum Gasteiger partial charge on any atom is 0.341 e. The Labute approximate surface area is 156 Å². The van der Waals surface area contributed by atoms with E-state index in [0.29, 0.717) is 28.4 Å². The molecule has 0 radical (unpaired) electrons. The minimum atomic E-state index is -0.535. The van der Waals surface area contributed by atoms with Crippen LogP contribution in [-0.2, 0) is 11.3 Å². The van der Waals surface area contributed by atoms with Gasteiger partial charge in [-0.15, -0.1) is 0 Å². The van der Waals surface area contributed by atoms with Crippen LogP contribution < -0.4 is 4.74 Å². The van der Waals surface area contributed by atoms with Gasteiger partial charge in [0.15, 0.2) is 5.82 Å². The lowest BCUT2D eigenvalue weighted by Gasteiger charge is -2.13. The number of esters is 1. The molecule has 2 heterocycles. The molecule has 0 saturated carbocycles. The number of halogens is 1. The molecule has 140 valence electrons. The summed E-state index contributed by atoms with van der Waals surface area (Å²) in [5.41, 5.74) is 1.50. The van der Waals surface area contributed by atoms with Crippen LogP contribution in [0.25, 0.3) is 5.82 Å². The zero-order valence-electron chi connectivity index (χ0n) is 15.3. The lowest BCUT2D eigenvalue weighted by Crippen LogP contribution is -2.12. The molecule has 0 saturated heterocycles. The molecule has 7 heteroatoms. The Hall–Kier alpha value is -3.22. The Morgan fingerprint density at radius 3 is 2.74 bits per heavy atom. The van der Waals surface area contributed by atoms with E-state index in [1.54, 1.807) is 10.9 Å². The first-order valence-electron chi connectivity index (χ1n) is 8.50. The van der Waals surface area contributed by atoms with Crippen LogP contribution in [0.4, 0.5) is 4.39 Å². The van der Waals surface area contributed by atoms with E-state index in [1.807, 2.05) is 32.0 Å². The van der Waals surface area contributed by atoms with Gasteiger partial charge in [0.05, 0.1) is 19.0 Å². The van der Waals surface area contributed by atoms with Gasteiger partial charge in [-0.2, -0.15) is 5.10 Å². The number of carbonyl (C=O) groups excluding carboxylic acids is 1. The van der Waals surface area contributed by atoms with Crippen LogP contribution in [0.5, 0.6) is 5.75 Å². The van der Waals surface area contributed by atoms with Gasteiger partial charge in [0.1, 0.15) is 23.7 Å². The average molecular weight is 369 g/mol. The van der Waals surface area contributed by atoms with Gasteiger partial charge in [0, 0.05) is 11.8 Å². The number of ether oxygens (including phenoxy) is 2. The highest BCUT2D eigenvalue weighted by Crippen LogP contribution is 2.24. The lowest BCUT2D eigenvalue weighted by atomic mass is 10.1. The molecule has 3 aromatic rings. The third kappa shape index (κ3) is 3.97. The van der Waals surface area contributed by atoms with Crippen molar-refractivity contribution < 1.29 is 18.7 Å². The van der Waals surface area contributed by atoms with E-state index in [-0.39, 0.29) is 12.5 Å². The molecule has 27 heavy (non-hydrogen) atoms. The summed E-state index contributed by atoms with van der Waals surface area (Å²) in [5, 5.41) is 4.30. The van der Waals surface area contributed by atoms with Crippen LogP contribution in [0.15, 0.2) is 48.8 Å². The van der Waals surface area contributed by atoms with E-state index in [9.17, 15) is 9.18 Å². The van der Waals surface area contributed by atoms with Gasteiger partial charge in [0.2, 0.25) is 0 Å². The molecule has 0 aliphatic heterocycles. The third-order valence-corrected chi connectivity index (χ3v) is 4.04. The van der Waals surface area contributed by atoms with Crippen LogP contribution in [-0.4, -0.2) is 27.8 Å². The maximum atomic E-state index is 13.5. The predicted octanol–water partition coefficient (Wildman–Crippen LogP) is 3.90. The Bertz CT molecular complexity index is 939. The van der Waals surface area contributed by atoms with Crippen molar-refractivity contribution in [3.63, 3.8) is 0 Å². The summed E-state index contributed by atoms with van der Waals surface area (Å²) < 4.78 is 25.7. The second-order valence-corrected chi connectivity index (χ2v) is 6.23. The second kappa shape index (κ2) is 7.99. The van der Waals surface area contributed by atoms with Crippen LogP contribution in [0.3, 0.4) is 0 Å². The smallest absolute Gasteiger partial charge is 0.341 e. The molecule has 0 fully saturated rings. The fourth-order valence-corrected chi connectivity index (χ4v) is 2.81. The van der Waals surface area contributed by atoms with Crippen LogP contribution in [0, 0.1) is 5.82 Å². The minimum Gasteiger partial charge on any atom is -0.496 e. The van der Waals surface area contributed by atoms with Gasteiger partial charge < -0.3 is 9.47 Å². The summed E-state index contributed by atoms with van der Waals surface area (Å²) >= 11 is 0. The minimum absolute atomic E-state index is 0.0146. The molecule has 0 unspecified atom stereocenters. The lowest BCUT2D eigenvalue weighted by molar-refractivity contribution is 0.0468. The quantitative estimate of drug-likeness (QED) is 0.617. The van der Waals surface area contributed by atoms with Crippen molar-refractivity contribution in [1.29, 1.82) is 0 Å². The molecular weight excluding hydrogens is 349 g/mol. The molecule has 3 rings (SSSR count). The number of hydrogen-bond acceptors (Lipinski definition) is 5. The molecule has 2 aromatic heterocycles. The number of nitrogens with zero attached hydrogens (tertiary/aromatic N) is 3. The highest BCUT2D eigenvalue weighted by atomic mass is 19.1. The van der Waals surface area contributed by atoms with E-state index in [4.69, 9.17) is 9.47 Å². The Morgan fingerprint density at radius 1 is 1.26 bits per heavy atom. The third-order valence-electron chi connectivity index (χ3n) is 4.04. The molecule has 0 amide bonds. The summed E-state index contributed by atoms with van der Waals surface area (Å²) in [6, 6.07) is 9.54. The van der Waals surface area contributed by atoms with Crippen molar-refractivity contribution in [3.8, 4) is 11.6 Å². The van der Waals surface area contributed by atoms with Gasteiger partial charge in [-0.1, -0.05) is 19.9 Å². The van der Waals surface area contributed by atoms with E-state index < -0.39 is 11.8 Å². The Morgan fingerprint density at radius 2 is 2.07 bits per heavy atom. The highest BCUT2D eigenvalue weighted by Gasteiger charge is 2.23. The zero-order chi connectivity index (χ0) is 19.4. The van der Waals surface area contributed by atoms with Gasteiger partial charge in [-0.05, 0) is 36.2 Å². The standard InChI is InChI=1S/C20H20FN3O3/c1-13(2)19-16(11-23-24(19)18-6-4-5-9-22-18)20(25)27-12-14-10-15(21)7-8-17(14)26-3/h4-11,13H,12H2,1-3H3. The van der Waals surface area contributed by atoms with Crippen molar-refractivity contribution in [2.24, 2.45) is 0 Å². The van der Waals surface area contributed by atoms with Crippen molar-refractivity contribution >= 4 is 5.97 Å². The number of aromatic nitrogens is 3. The first-order chi connectivity index (χ1) is 13.0. The molecule has 0 spiro atoms. The van der Waals surface area contributed by atoms with E-state index >= 15 is 0 Å². The topological polar surface area (TPSA) is 66.2 Å². The van der Waals surface area contributed by atoms with Crippen molar-refractivity contribution in [3.05, 3.63) is 71.4 Å². The zero-order valence-corrected chi connectivity index (χ0v) is 15.3. The number of benzene rings is 1. The van der Waals surface area contributed by atoms with Crippen LogP contribution in [0.2, 0.25) is 0 Å².